The highest BCUT2D eigenvalue weighted by Crippen LogP contribution is 2.19. The molecule has 2 aromatic heterocycles. The molecule has 1 unspecified atom stereocenters. The van der Waals surface area contributed by atoms with Gasteiger partial charge in [-0.05, 0) is 31.2 Å². The van der Waals surface area contributed by atoms with Gasteiger partial charge < -0.3 is 10.3 Å². The predicted molar refractivity (Wildman–Crippen MR) is 75.6 cm³/mol. The zero-order chi connectivity index (χ0) is 13.8. The number of aromatic amines is 1. The Hall–Kier alpha value is -1.62. The smallest absolute Gasteiger partial charge is 0.0948 e. The zero-order valence-corrected chi connectivity index (χ0v) is 11.9. The van der Waals surface area contributed by atoms with Gasteiger partial charge in [-0.3, -0.25) is 5.10 Å². The van der Waals surface area contributed by atoms with Crippen LogP contribution in [0.1, 0.15) is 43.3 Å². The fourth-order valence-corrected chi connectivity index (χ4v) is 2.20. The van der Waals surface area contributed by atoms with E-state index in [4.69, 9.17) is 5.73 Å². The van der Waals surface area contributed by atoms with E-state index >= 15 is 0 Å². The lowest BCUT2D eigenvalue weighted by Crippen LogP contribution is -2.20. The van der Waals surface area contributed by atoms with Crippen LogP contribution < -0.4 is 5.73 Å². The van der Waals surface area contributed by atoms with Gasteiger partial charge in [0.05, 0.1) is 18.2 Å². The molecule has 1 atom stereocenters. The number of rotatable bonds is 6. The molecular formula is C14H23N5. The van der Waals surface area contributed by atoms with Gasteiger partial charge in [-0.2, -0.15) is 5.10 Å². The van der Waals surface area contributed by atoms with Crippen molar-refractivity contribution in [2.75, 3.05) is 0 Å². The Morgan fingerprint density at radius 3 is 2.79 bits per heavy atom. The van der Waals surface area contributed by atoms with Crippen molar-refractivity contribution < 1.29 is 0 Å². The summed E-state index contributed by atoms with van der Waals surface area (Å²) in [6.45, 7) is 7.27. The molecule has 0 fully saturated rings. The van der Waals surface area contributed by atoms with E-state index in [1.165, 1.54) is 5.56 Å². The van der Waals surface area contributed by atoms with E-state index in [0.717, 1.165) is 30.8 Å². The standard InChI is InChI=1S/C14H23N5/c1-10(2)14(15)13-8-16-9-19(13)6-4-5-12-7-17-18-11(12)3/h7-10,14H,4-6,15H2,1-3H3,(H,17,18). The molecular weight excluding hydrogens is 238 g/mol. The van der Waals surface area contributed by atoms with Crippen molar-refractivity contribution in [3.63, 3.8) is 0 Å². The van der Waals surface area contributed by atoms with Crippen molar-refractivity contribution in [2.24, 2.45) is 11.7 Å². The van der Waals surface area contributed by atoms with E-state index in [9.17, 15) is 0 Å². The Kier molecular flexibility index (Phi) is 4.37. The van der Waals surface area contributed by atoms with E-state index in [0.29, 0.717) is 5.92 Å². The van der Waals surface area contributed by atoms with Crippen LogP contribution in [0.5, 0.6) is 0 Å². The fourth-order valence-electron chi connectivity index (χ4n) is 2.20. The van der Waals surface area contributed by atoms with Crippen LogP contribution in [0.3, 0.4) is 0 Å². The van der Waals surface area contributed by atoms with Gasteiger partial charge in [0, 0.05) is 24.5 Å². The molecule has 3 N–H and O–H groups in total. The van der Waals surface area contributed by atoms with Gasteiger partial charge in [-0.15, -0.1) is 0 Å². The third-order valence-electron chi connectivity index (χ3n) is 3.58. The lowest BCUT2D eigenvalue weighted by Gasteiger charge is -2.17. The first-order valence-corrected chi connectivity index (χ1v) is 6.84. The average molecular weight is 261 g/mol. The van der Waals surface area contributed by atoms with Gasteiger partial charge in [0.15, 0.2) is 0 Å². The Bertz CT molecular complexity index is 511. The minimum Gasteiger partial charge on any atom is -0.333 e. The lowest BCUT2D eigenvalue weighted by molar-refractivity contribution is 0.473. The van der Waals surface area contributed by atoms with Crippen molar-refractivity contribution in [3.8, 4) is 0 Å². The molecule has 0 aromatic carbocycles. The molecule has 0 amide bonds. The number of aryl methyl sites for hydroxylation is 3. The molecule has 0 aliphatic rings. The predicted octanol–water partition coefficient (Wildman–Crippen LogP) is 2.20. The number of H-pyrrole nitrogens is 1. The van der Waals surface area contributed by atoms with Crippen molar-refractivity contribution in [2.45, 2.75) is 46.2 Å². The van der Waals surface area contributed by atoms with Crippen LogP contribution in [0.25, 0.3) is 0 Å². The number of nitrogens with two attached hydrogens (primary N) is 1. The van der Waals surface area contributed by atoms with Crippen LogP contribution in [0.15, 0.2) is 18.7 Å². The van der Waals surface area contributed by atoms with Crippen molar-refractivity contribution >= 4 is 0 Å². The highest BCUT2D eigenvalue weighted by molar-refractivity contribution is 5.14. The molecule has 0 saturated heterocycles. The summed E-state index contributed by atoms with van der Waals surface area (Å²) in [5.74, 6) is 0.423. The third-order valence-corrected chi connectivity index (χ3v) is 3.58. The van der Waals surface area contributed by atoms with Crippen molar-refractivity contribution in [1.29, 1.82) is 0 Å². The van der Waals surface area contributed by atoms with Crippen LogP contribution in [0.4, 0.5) is 0 Å². The van der Waals surface area contributed by atoms with Crippen LogP contribution >= 0.6 is 0 Å². The number of imidazole rings is 1. The molecule has 0 aliphatic carbocycles. The molecule has 2 rings (SSSR count). The highest BCUT2D eigenvalue weighted by Gasteiger charge is 2.14. The first-order valence-electron chi connectivity index (χ1n) is 6.84. The molecule has 2 heterocycles. The summed E-state index contributed by atoms with van der Waals surface area (Å²) in [5, 5.41) is 7.01. The summed E-state index contributed by atoms with van der Waals surface area (Å²) < 4.78 is 2.17. The Balaban J connectivity index is 1.93. The second-order valence-electron chi connectivity index (χ2n) is 5.41. The molecule has 0 aliphatic heterocycles. The van der Waals surface area contributed by atoms with Gasteiger partial charge in [0.1, 0.15) is 0 Å². The third kappa shape index (κ3) is 3.23. The first kappa shape index (κ1) is 13.8. The largest absolute Gasteiger partial charge is 0.333 e. The van der Waals surface area contributed by atoms with Crippen molar-refractivity contribution in [3.05, 3.63) is 35.7 Å². The number of hydrogen-bond acceptors (Lipinski definition) is 3. The minimum absolute atomic E-state index is 0.0539. The topological polar surface area (TPSA) is 72.5 Å². The van der Waals surface area contributed by atoms with Gasteiger partial charge in [0.25, 0.3) is 0 Å². The maximum absolute atomic E-state index is 6.20. The molecule has 0 bridgehead atoms. The quantitative estimate of drug-likeness (QED) is 0.837. The maximum Gasteiger partial charge on any atom is 0.0948 e. The Labute approximate surface area is 114 Å². The summed E-state index contributed by atoms with van der Waals surface area (Å²) in [4.78, 5) is 4.22. The van der Waals surface area contributed by atoms with E-state index in [2.05, 4.69) is 40.5 Å². The minimum atomic E-state index is 0.0539. The summed E-state index contributed by atoms with van der Waals surface area (Å²) in [6.07, 6.45) is 7.75. The molecule has 2 aromatic rings. The fraction of sp³-hybridized carbons (Fsp3) is 0.571. The normalized spacial score (nSPS) is 13.1. The van der Waals surface area contributed by atoms with E-state index in [-0.39, 0.29) is 6.04 Å². The van der Waals surface area contributed by atoms with Gasteiger partial charge >= 0.3 is 0 Å². The van der Waals surface area contributed by atoms with Gasteiger partial charge in [0.2, 0.25) is 0 Å². The molecule has 0 radical (unpaired) electrons. The molecule has 0 saturated carbocycles. The monoisotopic (exact) mass is 261 g/mol. The van der Waals surface area contributed by atoms with E-state index in [1.807, 2.05) is 18.7 Å². The SMILES string of the molecule is Cc1[nH]ncc1CCCn1cncc1C(N)C(C)C. The lowest BCUT2D eigenvalue weighted by atomic mass is 10.0. The summed E-state index contributed by atoms with van der Waals surface area (Å²) >= 11 is 0. The summed E-state index contributed by atoms with van der Waals surface area (Å²) in [7, 11) is 0. The Morgan fingerprint density at radius 1 is 1.37 bits per heavy atom. The van der Waals surface area contributed by atoms with Gasteiger partial charge in [-0.25, -0.2) is 4.98 Å². The van der Waals surface area contributed by atoms with Crippen molar-refractivity contribution in [1.82, 2.24) is 19.7 Å². The highest BCUT2D eigenvalue weighted by atomic mass is 15.1. The molecule has 19 heavy (non-hydrogen) atoms. The van der Waals surface area contributed by atoms with Crippen LogP contribution in [0.2, 0.25) is 0 Å². The van der Waals surface area contributed by atoms with E-state index < -0.39 is 0 Å². The second-order valence-corrected chi connectivity index (χ2v) is 5.41. The first-order chi connectivity index (χ1) is 9.09. The zero-order valence-electron chi connectivity index (χ0n) is 11.9. The number of hydrogen-bond donors (Lipinski definition) is 2. The molecule has 5 nitrogen and oxygen atoms in total. The molecule has 104 valence electrons. The van der Waals surface area contributed by atoms with E-state index in [1.54, 1.807) is 0 Å². The second kappa shape index (κ2) is 6.02. The van der Waals surface area contributed by atoms with Gasteiger partial charge in [-0.1, -0.05) is 13.8 Å². The molecule has 0 spiro atoms. The Morgan fingerprint density at radius 2 is 2.16 bits per heavy atom. The van der Waals surface area contributed by atoms with Crippen LogP contribution in [-0.2, 0) is 13.0 Å². The summed E-state index contributed by atoms with van der Waals surface area (Å²) in [5.41, 5.74) is 9.77. The number of aromatic nitrogens is 4. The summed E-state index contributed by atoms with van der Waals surface area (Å²) in [6, 6.07) is 0.0539. The molecule has 5 heteroatoms. The average Bonchev–Trinajstić information content (AvgIpc) is 2.98. The number of nitrogens with one attached hydrogen (secondary N) is 1. The number of nitrogens with zero attached hydrogens (tertiary/aromatic N) is 3. The van der Waals surface area contributed by atoms with Crippen LogP contribution in [0, 0.1) is 12.8 Å². The van der Waals surface area contributed by atoms with Crippen LogP contribution in [-0.4, -0.2) is 19.7 Å². The maximum atomic E-state index is 6.20.